The smallest absolute Gasteiger partial charge is 0.228 e. The Bertz CT molecular complexity index is 433. The van der Waals surface area contributed by atoms with Crippen LogP contribution in [0.1, 0.15) is 38.8 Å². The predicted molar refractivity (Wildman–Crippen MR) is 61.1 cm³/mol. The number of H-pyrrole nitrogens is 1. The molecule has 1 heterocycles. The summed E-state index contributed by atoms with van der Waals surface area (Å²) < 4.78 is 0. The second-order valence-electron chi connectivity index (χ2n) is 5.54. The molecular weight excluding hydrogens is 202 g/mol. The minimum Gasteiger partial charge on any atom is -0.309 e. The molecule has 2 N–H and O–H groups in total. The van der Waals surface area contributed by atoms with E-state index in [-0.39, 0.29) is 17.2 Å². The molecule has 0 aliphatic heterocycles. The van der Waals surface area contributed by atoms with Crippen LogP contribution >= 0.6 is 0 Å². The third-order valence-corrected chi connectivity index (χ3v) is 3.93. The number of amides is 1. The molecule has 3 rings (SSSR count). The maximum absolute atomic E-state index is 11.7. The molecule has 0 saturated heterocycles. The number of hydrogen-bond acceptors (Lipinski definition) is 2. The molecule has 0 unspecified atom stereocenters. The van der Waals surface area contributed by atoms with E-state index in [0.717, 1.165) is 12.1 Å². The second kappa shape index (κ2) is 3.09. The lowest BCUT2D eigenvalue weighted by Crippen LogP contribution is -2.14. The van der Waals surface area contributed by atoms with Gasteiger partial charge in [-0.3, -0.25) is 9.89 Å². The lowest BCUT2D eigenvalue weighted by atomic mass is 10.1. The van der Waals surface area contributed by atoms with Crippen LogP contribution in [0.2, 0.25) is 0 Å². The molecule has 0 radical (unpaired) electrons. The Kier molecular flexibility index (Phi) is 1.91. The van der Waals surface area contributed by atoms with Gasteiger partial charge in [0.2, 0.25) is 5.91 Å². The van der Waals surface area contributed by atoms with Crippen molar-refractivity contribution in [3.05, 3.63) is 11.8 Å². The summed E-state index contributed by atoms with van der Waals surface area (Å²) in [5, 5.41) is 10.0. The number of nitrogens with zero attached hydrogens (tertiary/aromatic N) is 1. The number of aromatic nitrogens is 2. The van der Waals surface area contributed by atoms with Crippen LogP contribution in [0.15, 0.2) is 6.07 Å². The Labute approximate surface area is 94.8 Å². The first kappa shape index (κ1) is 9.87. The zero-order chi connectivity index (χ0) is 11.3. The van der Waals surface area contributed by atoms with Gasteiger partial charge in [-0.2, -0.15) is 5.10 Å². The highest BCUT2D eigenvalue weighted by Gasteiger charge is 2.42. The van der Waals surface area contributed by atoms with Gasteiger partial charge in [0.25, 0.3) is 0 Å². The average molecular weight is 219 g/mol. The van der Waals surface area contributed by atoms with Gasteiger partial charge in [-0.1, -0.05) is 13.8 Å². The fourth-order valence-corrected chi connectivity index (χ4v) is 2.06. The van der Waals surface area contributed by atoms with Gasteiger partial charge in [-0.15, -0.1) is 0 Å². The third-order valence-electron chi connectivity index (χ3n) is 3.93. The van der Waals surface area contributed by atoms with Crippen LogP contribution in [0.4, 0.5) is 5.82 Å². The zero-order valence-corrected chi connectivity index (χ0v) is 9.71. The molecule has 4 nitrogen and oxygen atoms in total. The fourth-order valence-electron chi connectivity index (χ4n) is 2.06. The molecule has 0 bridgehead atoms. The molecule has 2 saturated carbocycles. The highest BCUT2D eigenvalue weighted by atomic mass is 16.2. The molecule has 1 amide bonds. The number of hydrogen-bond donors (Lipinski definition) is 2. The van der Waals surface area contributed by atoms with Crippen molar-refractivity contribution < 1.29 is 4.79 Å². The van der Waals surface area contributed by atoms with Crippen LogP contribution in [0.5, 0.6) is 0 Å². The molecule has 1 aromatic heterocycles. The number of rotatable bonds is 3. The molecule has 0 aromatic carbocycles. The highest BCUT2D eigenvalue weighted by molar-refractivity contribution is 5.93. The van der Waals surface area contributed by atoms with Crippen LogP contribution in [-0.2, 0) is 10.2 Å². The molecule has 16 heavy (non-hydrogen) atoms. The van der Waals surface area contributed by atoms with E-state index in [9.17, 15) is 4.79 Å². The maximum Gasteiger partial charge on any atom is 0.228 e. The quantitative estimate of drug-likeness (QED) is 0.817. The number of carbonyl (C=O) groups is 1. The standard InChI is InChI=1S/C12H17N3O/c1-7-5-8(7)11(16)13-10-6-9(14-15-10)12(2)3-4-12/h6-8H,3-5H2,1-2H3,(H2,13,14,15,16)/t7-,8-/m1/s1. The van der Waals surface area contributed by atoms with Gasteiger partial charge in [-0.25, -0.2) is 0 Å². The summed E-state index contributed by atoms with van der Waals surface area (Å²) in [6.45, 7) is 4.32. The molecule has 2 aliphatic carbocycles. The first-order valence-corrected chi connectivity index (χ1v) is 5.95. The summed E-state index contributed by atoms with van der Waals surface area (Å²) >= 11 is 0. The van der Waals surface area contributed by atoms with Gasteiger partial charge in [0.15, 0.2) is 5.82 Å². The molecule has 4 heteroatoms. The largest absolute Gasteiger partial charge is 0.309 e. The fraction of sp³-hybridized carbons (Fsp3) is 0.667. The van der Waals surface area contributed by atoms with Crippen molar-refractivity contribution >= 4 is 11.7 Å². The van der Waals surface area contributed by atoms with Crippen molar-refractivity contribution in [2.75, 3.05) is 5.32 Å². The summed E-state index contributed by atoms with van der Waals surface area (Å²) in [7, 11) is 0. The van der Waals surface area contributed by atoms with E-state index in [1.165, 1.54) is 12.8 Å². The van der Waals surface area contributed by atoms with Gasteiger partial charge >= 0.3 is 0 Å². The van der Waals surface area contributed by atoms with Crippen molar-refractivity contribution in [1.29, 1.82) is 0 Å². The SMILES string of the molecule is C[C@@H]1C[C@H]1C(=O)Nc1cc(C2(C)CC2)[nH]n1. The number of anilines is 1. The van der Waals surface area contributed by atoms with Crippen molar-refractivity contribution in [2.24, 2.45) is 11.8 Å². The summed E-state index contributed by atoms with van der Waals surface area (Å²) in [6, 6.07) is 1.97. The van der Waals surface area contributed by atoms with E-state index in [4.69, 9.17) is 0 Å². The van der Waals surface area contributed by atoms with E-state index < -0.39 is 0 Å². The molecule has 2 aliphatic rings. The van der Waals surface area contributed by atoms with Crippen molar-refractivity contribution in [3.63, 3.8) is 0 Å². The van der Waals surface area contributed by atoms with Gasteiger partial charge in [0.05, 0.1) is 0 Å². The van der Waals surface area contributed by atoms with E-state index in [1.54, 1.807) is 0 Å². The highest BCUT2D eigenvalue weighted by Crippen LogP contribution is 2.47. The van der Waals surface area contributed by atoms with E-state index >= 15 is 0 Å². The van der Waals surface area contributed by atoms with E-state index in [0.29, 0.717) is 11.7 Å². The summed E-state index contributed by atoms with van der Waals surface area (Å²) in [4.78, 5) is 11.7. The molecule has 1 aromatic rings. The first-order chi connectivity index (χ1) is 7.58. The van der Waals surface area contributed by atoms with Crippen molar-refractivity contribution in [3.8, 4) is 0 Å². The average Bonchev–Trinajstić information content (AvgIpc) is 3.09. The van der Waals surface area contributed by atoms with Crippen LogP contribution in [0.25, 0.3) is 0 Å². The van der Waals surface area contributed by atoms with Crippen LogP contribution in [0, 0.1) is 11.8 Å². The molecule has 0 spiro atoms. The van der Waals surface area contributed by atoms with Crippen molar-refractivity contribution in [2.45, 2.75) is 38.5 Å². The van der Waals surface area contributed by atoms with Crippen LogP contribution in [0.3, 0.4) is 0 Å². The predicted octanol–water partition coefficient (Wildman–Crippen LogP) is 2.06. The lowest BCUT2D eigenvalue weighted by Gasteiger charge is -2.01. The number of aromatic amines is 1. The Morgan fingerprint density at radius 1 is 1.62 bits per heavy atom. The second-order valence-corrected chi connectivity index (χ2v) is 5.54. The van der Waals surface area contributed by atoms with Gasteiger partial charge in [0, 0.05) is 23.1 Å². The van der Waals surface area contributed by atoms with Gasteiger partial charge in [0.1, 0.15) is 0 Å². The van der Waals surface area contributed by atoms with Gasteiger partial charge in [-0.05, 0) is 25.2 Å². The zero-order valence-electron chi connectivity index (χ0n) is 9.71. The Balaban J connectivity index is 1.66. The number of nitrogens with one attached hydrogen (secondary N) is 2. The van der Waals surface area contributed by atoms with Gasteiger partial charge < -0.3 is 5.32 Å². The first-order valence-electron chi connectivity index (χ1n) is 5.95. The Hall–Kier alpha value is -1.32. The topological polar surface area (TPSA) is 57.8 Å². The minimum absolute atomic E-state index is 0.117. The summed E-state index contributed by atoms with van der Waals surface area (Å²) in [5.41, 5.74) is 1.43. The summed E-state index contributed by atoms with van der Waals surface area (Å²) in [5.74, 6) is 1.54. The molecule has 2 fully saturated rings. The maximum atomic E-state index is 11.7. The lowest BCUT2D eigenvalue weighted by molar-refractivity contribution is -0.117. The monoisotopic (exact) mass is 219 g/mol. The van der Waals surface area contributed by atoms with E-state index in [2.05, 4.69) is 29.4 Å². The third kappa shape index (κ3) is 1.62. The van der Waals surface area contributed by atoms with Crippen LogP contribution in [-0.4, -0.2) is 16.1 Å². The molecular formula is C12H17N3O. The number of carbonyl (C=O) groups excluding carboxylic acids is 1. The summed E-state index contributed by atoms with van der Waals surface area (Å²) in [6.07, 6.45) is 3.44. The van der Waals surface area contributed by atoms with E-state index in [1.807, 2.05) is 6.07 Å². The Morgan fingerprint density at radius 2 is 2.31 bits per heavy atom. The minimum atomic E-state index is 0.117. The molecule has 86 valence electrons. The van der Waals surface area contributed by atoms with Crippen molar-refractivity contribution in [1.82, 2.24) is 10.2 Å². The normalized spacial score (nSPS) is 29.9. The Morgan fingerprint density at radius 3 is 2.88 bits per heavy atom. The van der Waals surface area contributed by atoms with Crippen LogP contribution < -0.4 is 5.32 Å². The molecule has 2 atom stereocenters.